The number of halogens is 4. The van der Waals surface area contributed by atoms with Crippen LogP contribution in [0.25, 0.3) is 0 Å². The summed E-state index contributed by atoms with van der Waals surface area (Å²) >= 11 is 0. The molecule has 3 N–H and O–H groups in total. The normalized spacial score (nSPS) is 16.5. The second-order valence-electron chi connectivity index (χ2n) is 6.47. The number of nitrogens with one attached hydrogen (secondary N) is 3. The number of benzene rings is 1. The predicted molar refractivity (Wildman–Crippen MR) is 118 cm³/mol. The van der Waals surface area contributed by atoms with E-state index in [9.17, 15) is 26.4 Å². The molecule has 0 spiro atoms. The molecule has 8 nitrogen and oxygen atoms in total. The standard InChI is InChI=1S/C17H24F3N5O3S.HI/c1-21-15(26)13-5-3-12(4-6-13)11-23-16(22-2)24-14-7-9-25(10-8-14)29(27,28)17(18,19)20;/h3-6,14H,7-11H2,1-2H3,(H,21,26)(H2,22,23,24);1H. The van der Waals surface area contributed by atoms with Crippen molar-refractivity contribution in [2.75, 3.05) is 27.2 Å². The number of amides is 1. The third kappa shape index (κ3) is 6.70. The molecule has 0 unspecified atom stereocenters. The van der Waals surface area contributed by atoms with Crippen LogP contribution in [0.15, 0.2) is 29.3 Å². The molecule has 0 aromatic heterocycles. The van der Waals surface area contributed by atoms with E-state index in [0.29, 0.717) is 22.4 Å². The van der Waals surface area contributed by atoms with Crippen molar-refractivity contribution in [2.45, 2.75) is 30.9 Å². The lowest BCUT2D eigenvalue weighted by Gasteiger charge is -2.32. The van der Waals surface area contributed by atoms with Crippen molar-refractivity contribution in [1.82, 2.24) is 20.3 Å². The number of piperidine rings is 1. The van der Waals surface area contributed by atoms with Crippen molar-refractivity contribution in [3.05, 3.63) is 35.4 Å². The summed E-state index contributed by atoms with van der Waals surface area (Å²) in [5.74, 6) is 0.276. The Morgan fingerprint density at radius 1 is 1.20 bits per heavy atom. The van der Waals surface area contributed by atoms with Crippen molar-refractivity contribution in [2.24, 2.45) is 4.99 Å². The second kappa shape index (κ2) is 11.1. The van der Waals surface area contributed by atoms with Crippen LogP contribution in [0.4, 0.5) is 13.2 Å². The van der Waals surface area contributed by atoms with E-state index >= 15 is 0 Å². The van der Waals surface area contributed by atoms with Crippen molar-refractivity contribution in [3.8, 4) is 0 Å². The lowest BCUT2D eigenvalue weighted by molar-refractivity contribution is -0.0494. The van der Waals surface area contributed by atoms with Gasteiger partial charge in [0.1, 0.15) is 0 Å². The number of hydrogen-bond donors (Lipinski definition) is 3. The van der Waals surface area contributed by atoms with Gasteiger partial charge in [-0.3, -0.25) is 9.79 Å². The highest BCUT2D eigenvalue weighted by Gasteiger charge is 2.50. The van der Waals surface area contributed by atoms with Gasteiger partial charge >= 0.3 is 15.5 Å². The zero-order valence-electron chi connectivity index (χ0n) is 16.5. The van der Waals surface area contributed by atoms with Crippen molar-refractivity contribution in [1.29, 1.82) is 0 Å². The molecule has 13 heteroatoms. The van der Waals surface area contributed by atoms with E-state index in [1.165, 1.54) is 0 Å². The number of sulfonamides is 1. The van der Waals surface area contributed by atoms with Crippen LogP contribution in [0, 0.1) is 0 Å². The molecule has 1 aliphatic heterocycles. The summed E-state index contributed by atoms with van der Waals surface area (Å²) in [7, 11) is -2.17. The lowest BCUT2D eigenvalue weighted by Crippen LogP contribution is -2.51. The van der Waals surface area contributed by atoms with Crippen LogP contribution in [-0.2, 0) is 16.6 Å². The summed E-state index contributed by atoms with van der Waals surface area (Å²) in [6.45, 7) is 0.00388. The summed E-state index contributed by atoms with van der Waals surface area (Å²) in [6, 6.07) is 6.79. The van der Waals surface area contributed by atoms with Gasteiger partial charge in [0.15, 0.2) is 5.96 Å². The van der Waals surface area contributed by atoms with E-state index in [-0.39, 0.29) is 61.9 Å². The van der Waals surface area contributed by atoms with E-state index in [2.05, 4.69) is 20.9 Å². The summed E-state index contributed by atoms with van der Waals surface area (Å²) < 4.78 is 61.3. The number of carbonyl (C=O) groups is 1. The summed E-state index contributed by atoms with van der Waals surface area (Å²) in [5, 5.41) is 8.72. The molecule has 0 radical (unpaired) electrons. The van der Waals surface area contributed by atoms with Gasteiger partial charge in [0, 0.05) is 45.3 Å². The van der Waals surface area contributed by atoms with Crippen LogP contribution in [0.2, 0.25) is 0 Å². The first-order valence-corrected chi connectivity index (χ1v) is 10.4. The number of alkyl halides is 3. The van der Waals surface area contributed by atoms with Gasteiger partial charge in [-0.05, 0) is 30.5 Å². The molecule has 170 valence electrons. The first kappa shape index (κ1) is 26.4. The van der Waals surface area contributed by atoms with Gasteiger partial charge < -0.3 is 16.0 Å². The Morgan fingerprint density at radius 2 is 1.77 bits per heavy atom. The average Bonchev–Trinajstić information content (AvgIpc) is 2.70. The fourth-order valence-electron chi connectivity index (χ4n) is 2.88. The van der Waals surface area contributed by atoms with Gasteiger partial charge in [-0.1, -0.05) is 12.1 Å². The van der Waals surface area contributed by atoms with Gasteiger partial charge in [-0.15, -0.1) is 24.0 Å². The smallest absolute Gasteiger partial charge is 0.355 e. The fraction of sp³-hybridized carbons (Fsp3) is 0.529. The molecule has 0 bridgehead atoms. The third-order valence-electron chi connectivity index (χ3n) is 4.55. The van der Waals surface area contributed by atoms with Crippen molar-refractivity contribution >= 4 is 45.9 Å². The Balaban J connectivity index is 0.00000450. The van der Waals surface area contributed by atoms with Gasteiger partial charge in [0.2, 0.25) is 0 Å². The fourth-order valence-corrected chi connectivity index (χ4v) is 3.86. The number of aliphatic imine (C=N–C) groups is 1. The molecule has 1 aliphatic rings. The minimum absolute atomic E-state index is 0. The molecular weight excluding hydrogens is 538 g/mol. The molecule has 0 saturated carbocycles. The molecule has 1 heterocycles. The average molecular weight is 563 g/mol. The lowest BCUT2D eigenvalue weighted by atomic mass is 10.1. The molecule has 1 aromatic carbocycles. The molecule has 0 aliphatic carbocycles. The minimum atomic E-state index is -5.28. The second-order valence-corrected chi connectivity index (χ2v) is 8.40. The number of carbonyl (C=O) groups excluding carboxylic acids is 1. The van der Waals surface area contributed by atoms with E-state index in [1.54, 1.807) is 38.4 Å². The number of hydrogen-bond acceptors (Lipinski definition) is 4. The zero-order valence-corrected chi connectivity index (χ0v) is 19.6. The molecule has 1 aromatic rings. The Morgan fingerprint density at radius 3 is 2.23 bits per heavy atom. The summed E-state index contributed by atoms with van der Waals surface area (Å²) in [6.07, 6.45) is 0.466. The van der Waals surface area contributed by atoms with Gasteiger partial charge in [-0.25, -0.2) is 8.42 Å². The van der Waals surface area contributed by atoms with Gasteiger partial charge in [-0.2, -0.15) is 17.5 Å². The zero-order chi connectivity index (χ0) is 21.7. The Bertz CT molecular complexity index is 839. The van der Waals surface area contributed by atoms with Crippen molar-refractivity contribution < 1.29 is 26.4 Å². The highest BCUT2D eigenvalue weighted by atomic mass is 127. The van der Waals surface area contributed by atoms with E-state index in [4.69, 9.17) is 0 Å². The molecular formula is C17H25F3IN5O3S. The molecule has 30 heavy (non-hydrogen) atoms. The number of nitrogens with zero attached hydrogens (tertiary/aromatic N) is 2. The van der Waals surface area contributed by atoms with Crippen LogP contribution < -0.4 is 16.0 Å². The molecule has 2 rings (SSSR count). The van der Waals surface area contributed by atoms with Gasteiger partial charge in [0.25, 0.3) is 5.91 Å². The van der Waals surface area contributed by atoms with Crippen LogP contribution in [-0.4, -0.2) is 63.3 Å². The van der Waals surface area contributed by atoms with Gasteiger partial charge in [0.05, 0.1) is 0 Å². The topological polar surface area (TPSA) is 103 Å². The first-order valence-electron chi connectivity index (χ1n) is 8.93. The molecule has 1 amide bonds. The molecule has 1 fully saturated rings. The SMILES string of the molecule is CN=C(NCc1ccc(C(=O)NC)cc1)NC1CCN(S(=O)(=O)C(F)(F)F)CC1.I. The van der Waals surface area contributed by atoms with E-state index in [1.807, 2.05) is 0 Å². The van der Waals surface area contributed by atoms with Crippen molar-refractivity contribution in [3.63, 3.8) is 0 Å². The number of rotatable bonds is 5. The van der Waals surface area contributed by atoms with E-state index < -0.39 is 15.5 Å². The van der Waals surface area contributed by atoms with E-state index in [0.717, 1.165) is 5.56 Å². The highest BCUT2D eigenvalue weighted by molar-refractivity contribution is 14.0. The maximum atomic E-state index is 12.6. The maximum Gasteiger partial charge on any atom is 0.511 e. The molecule has 0 atom stereocenters. The maximum absolute atomic E-state index is 12.6. The number of guanidine groups is 1. The van der Waals surface area contributed by atoms with Crippen LogP contribution >= 0.6 is 24.0 Å². The minimum Gasteiger partial charge on any atom is -0.355 e. The Labute approximate surface area is 190 Å². The molecule has 1 saturated heterocycles. The first-order chi connectivity index (χ1) is 13.6. The van der Waals surface area contributed by atoms with Crippen LogP contribution in [0.3, 0.4) is 0 Å². The monoisotopic (exact) mass is 563 g/mol. The summed E-state index contributed by atoms with van der Waals surface area (Å²) in [5.41, 5.74) is -3.83. The van der Waals surface area contributed by atoms with Crippen LogP contribution in [0.5, 0.6) is 0 Å². The Kier molecular flexibility index (Phi) is 9.81. The van der Waals surface area contributed by atoms with Crippen LogP contribution in [0.1, 0.15) is 28.8 Å². The highest BCUT2D eigenvalue weighted by Crippen LogP contribution is 2.28. The third-order valence-corrected chi connectivity index (χ3v) is 6.18. The largest absolute Gasteiger partial charge is 0.511 e. The summed E-state index contributed by atoms with van der Waals surface area (Å²) in [4.78, 5) is 15.6. The predicted octanol–water partition coefficient (Wildman–Crippen LogP) is 1.64. The Hall–Kier alpha value is -1.61. The quantitative estimate of drug-likeness (QED) is 0.288.